The molecule has 94 valence electrons. The molecule has 1 saturated heterocycles. The van der Waals surface area contributed by atoms with Crippen LogP contribution in [0.4, 0.5) is 5.82 Å². The number of morpholine rings is 1. The summed E-state index contributed by atoms with van der Waals surface area (Å²) in [7, 11) is 0. The molecule has 2 aromatic rings. The molecule has 1 aliphatic heterocycles. The van der Waals surface area contributed by atoms with Crippen molar-refractivity contribution in [2.75, 3.05) is 24.7 Å². The van der Waals surface area contributed by atoms with Crippen molar-refractivity contribution in [3.8, 4) is 0 Å². The Balaban J connectivity index is 2.12. The normalized spacial score (nSPS) is 20.3. The number of carbonyl (C=O) groups excluding carboxylic acids is 1. The Hall–Kier alpha value is -1.88. The molecule has 3 rings (SSSR count). The number of hydrogen-bond acceptors (Lipinski definition) is 4. The molecule has 5 heteroatoms. The van der Waals surface area contributed by atoms with Gasteiger partial charge in [0.25, 0.3) is 0 Å². The minimum atomic E-state index is 0.238. The molecular formula is C13H15N3O2. The van der Waals surface area contributed by atoms with Gasteiger partial charge in [-0.3, -0.25) is 9.20 Å². The van der Waals surface area contributed by atoms with E-state index in [2.05, 4.69) is 16.8 Å². The number of aldehydes is 1. The predicted molar refractivity (Wildman–Crippen MR) is 68.2 cm³/mol. The summed E-state index contributed by atoms with van der Waals surface area (Å²) < 4.78 is 7.24. The van der Waals surface area contributed by atoms with Gasteiger partial charge in [-0.25, -0.2) is 4.98 Å². The fraction of sp³-hybridized carbons (Fsp3) is 0.385. The molecular weight excluding hydrogens is 230 g/mol. The highest BCUT2D eigenvalue weighted by atomic mass is 16.5. The second-order valence-corrected chi connectivity index (χ2v) is 4.48. The van der Waals surface area contributed by atoms with Gasteiger partial charge >= 0.3 is 0 Å². The second-order valence-electron chi connectivity index (χ2n) is 4.48. The number of fused-ring (bicyclic) bond motifs is 1. The second kappa shape index (κ2) is 4.42. The molecule has 0 amide bonds. The van der Waals surface area contributed by atoms with Gasteiger partial charge in [0, 0.05) is 12.7 Å². The molecule has 3 heterocycles. The lowest BCUT2D eigenvalue weighted by Crippen LogP contribution is -2.44. The summed E-state index contributed by atoms with van der Waals surface area (Å²) >= 11 is 0. The molecule has 0 spiro atoms. The fourth-order valence-corrected chi connectivity index (χ4v) is 2.37. The molecule has 0 saturated carbocycles. The van der Waals surface area contributed by atoms with Crippen LogP contribution in [0.1, 0.15) is 17.4 Å². The van der Waals surface area contributed by atoms with Crippen molar-refractivity contribution in [1.82, 2.24) is 9.38 Å². The van der Waals surface area contributed by atoms with Gasteiger partial charge in [-0.2, -0.15) is 0 Å². The van der Waals surface area contributed by atoms with Crippen LogP contribution in [0.25, 0.3) is 5.65 Å². The number of ether oxygens (including phenoxy) is 1. The molecule has 5 nitrogen and oxygen atoms in total. The Morgan fingerprint density at radius 1 is 1.50 bits per heavy atom. The monoisotopic (exact) mass is 245 g/mol. The van der Waals surface area contributed by atoms with E-state index in [9.17, 15) is 4.79 Å². The Bertz CT molecular complexity index is 579. The summed E-state index contributed by atoms with van der Waals surface area (Å²) in [4.78, 5) is 18.0. The number of aromatic nitrogens is 2. The third-order valence-electron chi connectivity index (χ3n) is 3.30. The number of rotatable bonds is 2. The Morgan fingerprint density at radius 2 is 2.39 bits per heavy atom. The zero-order chi connectivity index (χ0) is 12.5. The van der Waals surface area contributed by atoms with Crippen molar-refractivity contribution in [2.24, 2.45) is 0 Å². The van der Waals surface area contributed by atoms with E-state index in [0.29, 0.717) is 18.9 Å². The number of pyridine rings is 1. The highest BCUT2D eigenvalue weighted by Gasteiger charge is 2.24. The van der Waals surface area contributed by atoms with E-state index in [4.69, 9.17) is 4.74 Å². The van der Waals surface area contributed by atoms with Crippen molar-refractivity contribution in [1.29, 1.82) is 0 Å². The van der Waals surface area contributed by atoms with E-state index < -0.39 is 0 Å². The minimum Gasteiger partial charge on any atom is -0.377 e. The number of anilines is 1. The Labute approximate surface area is 105 Å². The maximum absolute atomic E-state index is 11.3. The molecule has 1 aliphatic rings. The molecule has 1 unspecified atom stereocenters. The molecule has 1 atom stereocenters. The first-order chi connectivity index (χ1) is 8.81. The average molecular weight is 245 g/mol. The fourth-order valence-electron chi connectivity index (χ4n) is 2.37. The van der Waals surface area contributed by atoms with Gasteiger partial charge in [-0.15, -0.1) is 0 Å². The summed E-state index contributed by atoms with van der Waals surface area (Å²) in [5.41, 5.74) is 1.41. The van der Waals surface area contributed by atoms with Gasteiger partial charge in [-0.1, -0.05) is 6.07 Å². The van der Waals surface area contributed by atoms with Gasteiger partial charge in [0.2, 0.25) is 0 Å². The topological polar surface area (TPSA) is 46.8 Å². The smallest absolute Gasteiger partial charge is 0.170 e. The Morgan fingerprint density at radius 3 is 3.17 bits per heavy atom. The molecule has 0 radical (unpaired) electrons. The average Bonchev–Trinajstić information content (AvgIpc) is 2.77. The SMILES string of the molecule is CC1COCCN1c1nc2ccccn2c1C=O. The van der Waals surface area contributed by atoms with Gasteiger partial charge in [0.15, 0.2) is 12.1 Å². The number of nitrogens with zero attached hydrogens (tertiary/aromatic N) is 3. The number of carbonyl (C=O) groups is 1. The number of hydrogen-bond donors (Lipinski definition) is 0. The first-order valence-electron chi connectivity index (χ1n) is 6.08. The highest BCUT2D eigenvalue weighted by Crippen LogP contribution is 2.23. The largest absolute Gasteiger partial charge is 0.377 e. The maximum atomic E-state index is 11.3. The van der Waals surface area contributed by atoms with Crippen molar-refractivity contribution >= 4 is 17.8 Å². The first kappa shape index (κ1) is 11.2. The van der Waals surface area contributed by atoms with Crippen LogP contribution in [-0.2, 0) is 4.74 Å². The quantitative estimate of drug-likeness (QED) is 0.750. The lowest BCUT2D eigenvalue weighted by atomic mass is 10.2. The summed E-state index contributed by atoms with van der Waals surface area (Å²) in [6.45, 7) is 4.20. The minimum absolute atomic E-state index is 0.238. The lowest BCUT2D eigenvalue weighted by Gasteiger charge is -2.33. The van der Waals surface area contributed by atoms with E-state index in [1.54, 1.807) is 0 Å². The highest BCUT2D eigenvalue weighted by molar-refractivity contribution is 5.83. The molecule has 0 N–H and O–H groups in total. The van der Waals surface area contributed by atoms with Gasteiger partial charge < -0.3 is 9.64 Å². The van der Waals surface area contributed by atoms with Crippen LogP contribution in [0.2, 0.25) is 0 Å². The van der Waals surface area contributed by atoms with Crippen LogP contribution < -0.4 is 4.90 Å². The third kappa shape index (κ3) is 1.67. The maximum Gasteiger partial charge on any atom is 0.170 e. The zero-order valence-electron chi connectivity index (χ0n) is 10.2. The van der Waals surface area contributed by atoms with E-state index in [-0.39, 0.29) is 6.04 Å². The van der Waals surface area contributed by atoms with Crippen molar-refractivity contribution in [3.63, 3.8) is 0 Å². The molecule has 0 aliphatic carbocycles. The molecule has 2 aromatic heterocycles. The summed E-state index contributed by atoms with van der Waals surface area (Å²) in [5.74, 6) is 0.756. The van der Waals surface area contributed by atoms with Crippen LogP contribution in [0, 0.1) is 0 Å². The predicted octanol–water partition coefficient (Wildman–Crippen LogP) is 1.37. The molecule has 0 bridgehead atoms. The first-order valence-corrected chi connectivity index (χ1v) is 6.08. The summed E-state index contributed by atoms with van der Waals surface area (Å²) in [6, 6.07) is 5.96. The van der Waals surface area contributed by atoms with Gasteiger partial charge in [-0.05, 0) is 19.1 Å². The van der Waals surface area contributed by atoms with Crippen LogP contribution in [0.3, 0.4) is 0 Å². The van der Waals surface area contributed by atoms with E-state index in [1.807, 2.05) is 28.8 Å². The third-order valence-corrected chi connectivity index (χ3v) is 3.30. The lowest BCUT2D eigenvalue weighted by molar-refractivity contribution is 0.0981. The van der Waals surface area contributed by atoms with Crippen molar-refractivity contribution in [3.05, 3.63) is 30.1 Å². The van der Waals surface area contributed by atoms with E-state index in [0.717, 1.165) is 24.3 Å². The van der Waals surface area contributed by atoms with E-state index >= 15 is 0 Å². The van der Waals surface area contributed by atoms with Gasteiger partial charge in [0.05, 0.1) is 19.3 Å². The van der Waals surface area contributed by atoms with Crippen molar-refractivity contribution < 1.29 is 9.53 Å². The Kier molecular flexibility index (Phi) is 2.76. The van der Waals surface area contributed by atoms with Crippen molar-refractivity contribution in [2.45, 2.75) is 13.0 Å². The van der Waals surface area contributed by atoms with Crippen LogP contribution in [0.15, 0.2) is 24.4 Å². The molecule has 18 heavy (non-hydrogen) atoms. The van der Waals surface area contributed by atoms with Crippen LogP contribution in [-0.4, -0.2) is 41.5 Å². The summed E-state index contributed by atoms with van der Waals surface area (Å²) in [6.07, 6.45) is 2.73. The van der Waals surface area contributed by atoms with Gasteiger partial charge in [0.1, 0.15) is 11.3 Å². The van der Waals surface area contributed by atoms with E-state index in [1.165, 1.54) is 0 Å². The number of imidazole rings is 1. The van der Waals surface area contributed by atoms with Crippen LogP contribution >= 0.6 is 0 Å². The summed E-state index contributed by atoms with van der Waals surface area (Å²) in [5, 5.41) is 0. The molecule has 1 fully saturated rings. The molecule has 0 aromatic carbocycles. The van der Waals surface area contributed by atoms with Crippen LogP contribution in [0.5, 0.6) is 0 Å². The zero-order valence-corrected chi connectivity index (χ0v) is 10.2. The standard InChI is InChI=1S/C13H15N3O2/c1-10-9-18-7-6-15(10)13-11(8-17)16-5-3-2-4-12(16)14-13/h2-5,8,10H,6-7,9H2,1H3.